The molecule has 3 rings (SSSR count). The minimum Gasteiger partial charge on any atom is -0.495 e. The predicted molar refractivity (Wildman–Crippen MR) is 135 cm³/mol. The minimum absolute atomic E-state index is 0.0102. The smallest absolute Gasteiger partial charge is 0.339 e. The summed E-state index contributed by atoms with van der Waals surface area (Å²) in [5.41, 5.74) is 0.724. The molecule has 0 aliphatic heterocycles. The molecule has 3 aromatic carbocycles. The number of aryl methyl sites for hydroxylation is 1. The van der Waals surface area contributed by atoms with Gasteiger partial charge in [0, 0.05) is 12.1 Å². The van der Waals surface area contributed by atoms with Crippen LogP contribution in [-0.2, 0) is 14.9 Å². The van der Waals surface area contributed by atoms with Crippen molar-refractivity contribution in [2.75, 3.05) is 12.4 Å². The molecule has 0 saturated heterocycles. The molecule has 0 radical (unpaired) electrons. The van der Waals surface area contributed by atoms with E-state index in [1.165, 1.54) is 55.7 Å². The van der Waals surface area contributed by atoms with Crippen molar-refractivity contribution >= 4 is 49.4 Å². The van der Waals surface area contributed by atoms with Gasteiger partial charge in [-0.1, -0.05) is 23.8 Å². The second kappa shape index (κ2) is 11.0. The number of halogens is 1. The maximum absolute atomic E-state index is 12.7. The number of ether oxygens (including phenoxy) is 1. The van der Waals surface area contributed by atoms with Crippen LogP contribution in [0.1, 0.15) is 11.1 Å². The Bertz CT molecular complexity index is 1510. The molecule has 10 nitrogen and oxygen atoms in total. The van der Waals surface area contributed by atoms with Crippen LogP contribution >= 0.6 is 15.9 Å². The molecule has 0 unspecified atom stereocenters. The number of methoxy groups -OCH3 is 1. The lowest BCUT2D eigenvalue weighted by atomic mass is 10.1. The van der Waals surface area contributed by atoms with Gasteiger partial charge in [-0.05, 0) is 64.8 Å². The van der Waals surface area contributed by atoms with Crippen LogP contribution in [0.25, 0.3) is 6.08 Å². The van der Waals surface area contributed by atoms with Gasteiger partial charge >= 0.3 is 10.1 Å². The van der Waals surface area contributed by atoms with E-state index in [0.717, 1.165) is 11.6 Å². The summed E-state index contributed by atoms with van der Waals surface area (Å²) in [6.45, 7) is 1.83. The molecule has 36 heavy (non-hydrogen) atoms. The van der Waals surface area contributed by atoms with Crippen molar-refractivity contribution in [1.82, 2.24) is 0 Å². The Labute approximate surface area is 215 Å². The number of amides is 1. The van der Waals surface area contributed by atoms with Crippen LogP contribution in [0.2, 0.25) is 0 Å². The number of non-ortho nitro benzene ring substituents is 1. The molecule has 0 atom stereocenters. The molecule has 184 valence electrons. The largest absolute Gasteiger partial charge is 0.495 e. The zero-order valence-corrected chi connectivity index (χ0v) is 21.3. The number of hydrogen-bond acceptors (Lipinski definition) is 8. The average molecular weight is 572 g/mol. The van der Waals surface area contributed by atoms with Gasteiger partial charge in [0.1, 0.15) is 22.3 Å². The molecule has 0 heterocycles. The monoisotopic (exact) mass is 571 g/mol. The normalized spacial score (nSPS) is 11.3. The van der Waals surface area contributed by atoms with E-state index < -0.39 is 20.9 Å². The summed E-state index contributed by atoms with van der Waals surface area (Å²) in [6.07, 6.45) is 1.27. The van der Waals surface area contributed by atoms with Crippen molar-refractivity contribution in [3.05, 3.63) is 92.0 Å². The highest BCUT2D eigenvalue weighted by Gasteiger charge is 2.19. The van der Waals surface area contributed by atoms with Crippen LogP contribution in [0.3, 0.4) is 0 Å². The summed E-state index contributed by atoms with van der Waals surface area (Å²) < 4.78 is 35.7. The Morgan fingerprint density at radius 3 is 2.36 bits per heavy atom. The molecule has 12 heteroatoms. The average Bonchev–Trinajstić information content (AvgIpc) is 2.84. The molecular weight excluding hydrogens is 554 g/mol. The molecule has 0 aliphatic rings. The Morgan fingerprint density at radius 1 is 1.11 bits per heavy atom. The first-order valence-corrected chi connectivity index (χ1v) is 12.3. The number of anilines is 1. The van der Waals surface area contributed by atoms with Crippen molar-refractivity contribution in [2.24, 2.45) is 0 Å². The number of nitrogens with one attached hydrogen (secondary N) is 1. The minimum atomic E-state index is -4.08. The molecule has 1 amide bonds. The van der Waals surface area contributed by atoms with Gasteiger partial charge in [0.05, 0.1) is 22.2 Å². The van der Waals surface area contributed by atoms with Crippen molar-refractivity contribution in [2.45, 2.75) is 11.8 Å². The number of nitro groups is 1. The first-order chi connectivity index (χ1) is 17.0. The zero-order chi connectivity index (χ0) is 26.5. The van der Waals surface area contributed by atoms with Crippen LogP contribution in [0.4, 0.5) is 11.4 Å². The summed E-state index contributed by atoms with van der Waals surface area (Å²) in [4.78, 5) is 23.1. The Kier molecular flexibility index (Phi) is 8.08. The van der Waals surface area contributed by atoms with Crippen molar-refractivity contribution in [1.29, 1.82) is 5.26 Å². The summed E-state index contributed by atoms with van der Waals surface area (Å²) in [5, 5.41) is 23.0. The standard InChI is InChI=1S/C24H18BrN3O7S/c1-15-3-7-19(8-4-15)36(32,33)35-22-9-5-16(12-20(22)25)11-17(14-26)24(29)27-21-13-18(28(30)31)6-10-23(21)34-2/h3-13H,1-2H3,(H,27,29)/b17-11+. The van der Waals surface area contributed by atoms with Gasteiger partial charge in [-0.2, -0.15) is 13.7 Å². The third-order valence-corrected chi connectivity index (χ3v) is 6.65. The second-order valence-corrected chi connectivity index (χ2v) is 9.71. The van der Waals surface area contributed by atoms with E-state index in [0.29, 0.717) is 5.56 Å². The van der Waals surface area contributed by atoms with E-state index in [9.17, 15) is 28.6 Å². The third kappa shape index (κ3) is 6.26. The third-order valence-electron chi connectivity index (χ3n) is 4.78. The molecule has 0 fully saturated rings. The number of rotatable bonds is 8. The van der Waals surface area contributed by atoms with Crippen LogP contribution in [0.15, 0.2) is 75.6 Å². The van der Waals surface area contributed by atoms with Crippen LogP contribution in [0, 0.1) is 28.4 Å². The zero-order valence-electron chi connectivity index (χ0n) is 18.9. The predicted octanol–water partition coefficient (Wildman–Crippen LogP) is 4.99. The lowest BCUT2D eigenvalue weighted by molar-refractivity contribution is -0.384. The highest BCUT2D eigenvalue weighted by Crippen LogP contribution is 2.31. The highest BCUT2D eigenvalue weighted by atomic mass is 79.9. The summed E-state index contributed by atoms with van der Waals surface area (Å²) >= 11 is 3.24. The fraction of sp³-hybridized carbons (Fsp3) is 0.0833. The van der Waals surface area contributed by atoms with Crippen LogP contribution in [0.5, 0.6) is 11.5 Å². The number of benzene rings is 3. The molecule has 0 bridgehead atoms. The van der Waals surface area contributed by atoms with E-state index in [1.54, 1.807) is 18.2 Å². The Hall–Kier alpha value is -4.21. The van der Waals surface area contributed by atoms with E-state index in [4.69, 9.17) is 8.92 Å². The van der Waals surface area contributed by atoms with E-state index in [2.05, 4.69) is 21.2 Å². The molecule has 0 aliphatic carbocycles. The molecule has 0 spiro atoms. The summed E-state index contributed by atoms with van der Waals surface area (Å²) in [7, 11) is -2.75. The van der Waals surface area contributed by atoms with Gasteiger partial charge in [0.25, 0.3) is 11.6 Å². The number of hydrogen-bond donors (Lipinski definition) is 1. The van der Waals surface area contributed by atoms with Gasteiger partial charge < -0.3 is 14.2 Å². The molecule has 0 aromatic heterocycles. The lowest BCUT2D eigenvalue weighted by Crippen LogP contribution is -2.14. The van der Waals surface area contributed by atoms with E-state index in [-0.39, 0.29) is 37.8 Å². The van der Waals surface area contributed by atoms with Gasteiger partial charge in [0.15, 0.2) is 5.75 Å². The summed E-state index contributed by atoms with van der Waals surface area (Å²) in [6, 6.07) is 15.9. The maximum Gasteiger partial charge on any atom is 0.339 e. The van der Waals surface area contributed by atoms with E-state index >= 15 is 0 Å². The van der Waals surface area contributed by atoms with Crippen molar-refractivity contribution in [3.8, 4) is 17.6 Å². The van der Waals surface area contributed by atoms with Crippen molar-refractivity contribution in [3.63, 3.8) is 0 Å². The second-order valence-electron chi connectivity index (χ2n) is 7.31. The fourth-order valence-corrected chi connectivity index (χ4v) is 4.49. The molecular formula is C24H18BrN3O7S. The van der Waals surface area contributed by atoms with Gasteiger partial charge in [-0.25, -0.2) is 0 Å². The van der Waals surface area contributed by atoms with Crippen LogP contribution < -0.4 is 14.2 Å². The van der Waals surface area contributed by atoms with Crippen LogP contribution in [-0.4, -0.2) is 26.4 Å². The van der Waals surface area contributed by atoms with Gasteiger partial charge in [-0.15, -0.1) is 0 Å². The molecule has 3 aromatic rings. The number of carbonyl (C=O) groups excluding carboxylic acids is 1. The van der Waals surface area contributed by atoms with Gasteiger partial charge in [0.2, 0.25) is 0 Å². The quantitative estimate of drug-likeness (QED) is 0.131. The Morgan fingerprint density at radius 2 is 1.78 bits per heavy atom. The lowest BCUT2D eigenvalue weighted by Gasteiger charge is -2.10. The first kappa shape index (κ1) is 26.4. The molecule has 1 N–H and O–H groups in total. The SMILES string of the molecule is COc1ccc([N+](=O)[O-])cc1NC(=O)/C(C#N)=C/c1ccc(OS(=O)(=O)c2ccc(C)cc2)c(Br)c1. The van der Waals surface area contributed by atoms with E-state index in [1.807, 2.05) is 6.92 Å². The topological polar surface area (TPSA) is 149 Å². The number of carbonyl (C=O) groups is 1. The number of nitro benzene ring substituents is 1. The van der Waals surface area contributed by atoms with Crippen molar-refractivity contribution < 1.29 is 27.1 Å². The number of nitrogens with zero attached hydrogens (tertiary/aromatic N) is 2. The highest BCUT2D eigenvalue weighted by molar-refractivity contribution is 9.10. The van der Waals surface area contributed by atoms with Gasteiger partial charge in [-0.3, -0.25) is 14.9 Å². The maximum atomic E-state index is 12.7. The fourth-order valence-electron chi connectivity index (χ4n) is 2.96. The Balaban J connectivity index is 1.83. The summed E-state index contributed by atoms with van der Waals surface area (Å²) in [5.74, 6) is -0.642. The number of nitriles is 1. The molecule has 0 saturated carbocycles. The first-order valence-electron chi connectivity index (χ1n) is 10.1.